The van der Waals surface area contributed by atoms with Gasteiger partial charge in [0.05, 0.1) is 6.26 Å². The number of rotatable bonds is 1. The van der Waals surface area contributed by atoms with Gasteiger partial charge in [-0.25, -0.2) is 0 Å². The average molecular weight is 190 g/mol. The van der Waals surface area contributed by atoms with E-state index >= 15 is 0 Å². The van der Waals surface area contributed by atoms with Crippen molar-refractivity contribution in [1.82, 2.24) is 0 Å². The highest BCUT2D eigenvalue weighted by molar-refractivity contribution is 5.69. The van der Waals surface area contributed by atoms with Gasteiger partial charge in [-0.15, -0.1) is 0 Å². The molecule has 2 rings (SSSR count). The lowest BCUT2D eigenvalue weighted by atomic mass is 10.1. The third kappa shape index (κ3) is 1.76. The van der Waals surface area contributed by atoms with Gasteiger partial charge in [-0.1, -0.05) is 6.07 Å². The van der Waals surface area contributed by atoms with Crippen molar-refractivity contribution in [2.45, 2.75) is 13.5 Å². The Balaban J connectivity index is 2.30. The van der Waals surface area contributed by atoms with Crippen LogP contribution in [-0.2, 0) is 16.1 Å². The van der Waals surface area contributed by atoms with Crippen molar-refractivity contribution in [3.8, 4) is 5.75 Å². The first-order valence-corrected chi connectivity index (χ1v) is 4.35. The van der Waals surface area contributed by atoms with E-state index in [1.54, 1.807) is 12.3 Å². The second kappa shape index (κ2) is 3.54. The highest BCUT2D eigenvalue weighted by atomic mass is 16.5. The maximum absolute atomic E-state index is 10.7. The molecule has 0 spiro atoms. The van der Waals surface area contributed by atoms with E-state index in [0.717, 1.165) is 11.1 Å². The molecule has 0 bridgehead atoms. The number of hydrogen-bond donors (Lipinski definition) is 0. The van der Waals surface area contributed by atoms with Gasteiger partial charge in [0.1, 0.15) is 12.4 Å². The predicted molar refractivity (Wildman–Crippen MR) is 51.6 cm³/mol. The number of carbonyl (C=O) groups excluding carboxylic acids is 1. The van der Waals surface area contributed by atoms with Crippen LogP contribution in [0, 0.1) is 0 Å². The third-order valence-electron chi connectivity index (χ3n) is 1.96. The Morgan fingerprint density at radius 3 is 3.14 bits per heavy atom. The smallest absolute Gasteiger partial charge is 0.308 e. The zero-order valence-electron chi connectivity index (χ0n) is 7.82. The van der Waals surface area contributed by atoms with Crippen molar-refractivity contribution in [3.63, 3.8) is 0 Å². The van der Waals surface area contributed by atoms with E-state index in [1.807, 2.05) is 18.2 Å². The maximum atomic E-state index is 10.7. The number of esters is 1. The first-order chi connectivity index (χ1) is 6.75. The van der Waals surface area contributed by atoms with Crippen molar-refractivity contribution in [1.29, 1.82) is 0 Å². The molecule has 1 heterocycles. The summed E-state index contributed by atoms with van der Waals surface area (Å²) in [5.74, 6) is 0.257. The van der Waals surface area contributed by atoms with E-state index in [0.29, 0.717) is 12.4 Å². The lowest BCUT2D eigenvalue weighted by Gasteiger charge is -2.12. The van der Waals surface area contributed by atoms with Crippen LogP contribution in [-0.4, -0.2) is 5.97 Å². The molecule has 1 aromatic carbocycles. The molecular weight excluding hydrogens is 180 g/mol. The fourth-order valence-corrected chi connectivity index (χ4v) is 1.36. The standard InChI is InChI=1S/C11H10O3/c1-8(12)14-11-3-2-9-4-5-13-7-10(9)6-11/h2-6H,7H2,1H3. The zero-order valence-corrected chi connectivity index (χ0v) is 7.82. The van der Waals surface area contributed by atoms with E-state index in [2.05, 4.69) is 0 Å². The summed E-state index contributed by atoms with van der Waals surface area (Å²) >= 11 is 0. The van der Waals surface area contributed by atoms with E-state index < -0.39 is 0 Å². The largest absolute Gasteiger partial charge is 0.496 e. The molecule has 1 aromatic rings. The Morgan fingerprint density at radius 1 is 1.50 bits per heavy atom. The minimum atomic E-state index is -0.308. The molecule has 14 heavy (non-hydrogen) atoms. The SMILES string of the molecule is CC(=O)Oc1ccc2c(c1)COC=C2. The van der Waals surface area contributed by atoms with Crippen LogP contribution in [0.2, 0.25) is 0 Å². The quantitative estimate of drug-likeness (QED) is 0.502. The minimum absolute atomic E-state index is 0.308. The summed E-state index contributed by atoms with van der Waals surface area (Å²) in [4.78, 5) is 10.7. The fraction of sp³-hybridized carbons (Fsp3) is 0.182. The number of benzene rings is 1. The fourth-order valence-electron chi connectivity index (χ4n) is 1.36. The summed E-state index contributed by atoms with van der Waals surface area (Å²) in [6, 6.07) is 5.50. The lowest BCUT2D eigenvalue weighted by Crippen LogP contribution is -2.03. The van der Waals surface area contributed by atoms with Crippen LogP contribution in [0.3, 0.4) is 0 Å². The van der Waals surface area contributed by atoms with Gasteiger partial charge >= 0.3 is 5.97 Å². The number of fused-ring (bicyclic) bond motifs is 1. The van der Waals surface area contributed by atoms with Gasteiger partial charge in [-0.05, 0) is 23.8 Å². The molecule has 0 saturated carbocycles. The van der Waals surface area contributed by atoms with E-state index in [-0.39, 0.29) is 5.97 Å². The van der Waals surface area contributed by atoms with Crippen LogP contribution in [0.15, 0.2) is 24.5 Å². The van der Waals surface area contributed by atoms with Crippen LogP contribution >= 0.6 is 0 Å². The van der Waals surface area contributed by atoms with Crippen molar-refractivity contribution in [3.05, 3.63) is 35.6 Å². The lowest BCUT2D eigenvalue weighted by molar-refractivity contribution is -0.131. The molecule has 3 heteroatoms. The molecule has 3 nitrogen and oxygen atoms in total. The van der Waals surface area contributed by atoms with Gasteiger partial charge in [0, 0.05) is 12.5 Å². The summed E-state index contributed by atoms with van der Waals surface area (Å²) in [5.41, 5.74) is 2.14. The van der Waals surface area contributed by atoms with Crippen molar-refractivity contribution in [2.75, 3.05) is 0 Å². The zero-order chi connectivity index (χ0) is 9.97. The monoisotopic (exact) mass is 190 g/mol. The van der Waals surface area contributed by atoms with Gasteiger partial charge in [-0.2, -0.15) is 0 Å². The molecule has 0 aromatic heterocycles. The molecule has 0 amide bonds. The Kier molecular flexibility index (Phi) is 2.23. The van der Waals surface area contributed by atoms with E-state index in [9.17, 15) is 4.79 Å². The maximum Gasteiger partial charge on any atom is 0.308 e. The summed E-state index contributed by atoms with van der Waals surface area (Å²) in [7, 11) is 0. The van der Waals surface area contributed by atoms with Crippen molar-refractivity contribution in [2.24, 2.45) is 0 Å². The van der Waals surface area contributed by atoms with Gasteiger partial charge in [-0.3, -0.25) is 4.79 Å². The molecule has 72 valence electrons. The molecule has 0 saturated heterocycles. The molecule has 1 aliphatic rings. The summed E-state index contributed by atoms with van der Waals surface area (Å²) in [5, 5.41) is 0. The van der Waals surface area contributed by atoms with Gasteiger partial charge < -0.3 is 9.47 Å². The summed E-state index contributed by atoms with van der Waals surface area (Å²) < 4.78 is 10.1. The second-order valence-electron chi connectivity index (χ2n) is 3.07. The second-order valence-corrected chi connectivity index (χ2v) is 3.07. The molecule has 1 aliphatic heterocycles. The Labute approximate surface area is 81.9 Å². The molecular formula is C11H10O3. The Morgan fingerprint density at radius 2 is 2.36 bits per heavy atom. The first-order valence-electron chi connectivity index (χ1n) is 4.35. The highest BCUT2D eigenvalue weighted by Gasteiger charge is 2.07. The Bertz CT molecular complexity index is 394. The van der Waals surface area contributed by atoms with Crippen LogP contribution in [0.25, 0.3) is 6.08 Å². The van der Waals surface area contributed by atoms with Crippen molar-refractivity contribution >= 4 is 12.0 Å². The number of ether oxygens (including phenoxy) is 2. The topological polar surface area (TPSA) is 35.5 Å². The van der Waals surface area contributed by atoms with E-state index in [1.165, 1.54) is 6.92 Å². The average Bonchev–Trinajstić information content (AvgIpc) is 2.17. The summed E-state index contributed by atoms with van der Waals surface area (Å²) in [6.07, 6.45) is 3.55. The number of hydrogen-bond acceptors (Lipinski definition) is 3. The molecule has 0 atom stereocenters. The molecule has 0 fully saturated rings. The molecule has 0 N–H and O–H groups in total. The van der Waals surface area contributed by atoms with Gasteiger partial charge in [0.2, 0.25) is 0 Å². The predicted octanol–water partition coefficient (Wildman–Crippen LogP) is 2.11. The van der Waals surface area contributed by atoms with Crippen LogP contribution < -0.4 is 4.74 Å². The Hall–Kier alpha value is -1.77. The molecule has 0 aliphatic carbocycles. The first kappa shape index (κ1) is 8.81. The van der Waals surface area contributed by atoms with Crippen LogP contribution in [0.4, 0.5) is 0 Å². The minimum Gasteiger partial charge on any atom is -0.496 e. The van der Waals surface area contributed by atoms with Crippen LogP contribution in [0.5, 0.6) is 5.75 Å². The van der Waals surface area contributed by atoms with E-state index in [4.69, 9.17) is 9.47 Å². The molecule has 0 unspecified atom stereocenters. The normalized spacial score (nSPS) is 12.9. The number of carbonyl (C=O) groups is 1. The van der Waals surface area contributed by atoms with Crippen LogP contribution in [0.1, 0.15) is 18.1 Å². The van der Waals surface area contributed by atoms with Gasteiger partial charge in [0.25, 0.3) is 0 Å². The van der Waals surface area contributed by atoms with Gasteiger partial charge in [0.15, 0.2) is 0 Å². The van der Waals surface area contributed by atoms with Crippen molar-refractivity contribution < 1.29 is 14.3 Å². The molecule has 0 radical (unpaired) electrons. The highest BCUT2D eigenvalue weighted by Crippen LogP contribution is 2.22. The third-order valence-corrected chi connectivity index (χ3v) is 1.96. The summed E-state index contributed by atoms with van der Waals surface area (Å²) in [6.45, 7) is 1.91.